The van der Waals surface area contributed by atoms with Gasteiger partial charge in [0, 0.05) is 16.6 Å². The molecular formula is C12H15Cl2NOS. The van der Waals surface area contributed by atoms with Crippen molar-refractivity contribution < 1.29 is 4.21 Å². The zero-order valence-corrected chi connectivity index (χ0v) is 12.1. The van der Waals surface area contributed by atoms with Gasteiger partial charge in [-0.25, -0.2) is 0 Å². The molecule has 1 aliphatic rings. The molecule has 0 aromatic heterocycles. The first kappa shape index (κ1) is 13.3. The van der Waals surface area contributed by atoms with Crippen LogP contribution in [0.15, 0.2) is 17.0 Å². The molecule has 2 rings (SSSR count). The standard InChI is InChI=1S/C12H15Cl2NOS/c1-3-4-9-11(15-2)10-7(13)5-6-8(14)12(10)17(9)16/h5-6,9,11,15H,3-4H2,1-2H3. The van der Waals surface area contributed by atoms with Gasteiger partial charge in [-0.2, -0.15) is 0 Å². The van der Waals surface area contributed by atoms with Crippen LogP contribution in [0.4, 0.5) is 0 Å². The molecule has 17 heavy (non-hydrogen) atoms. The average Bonchev–Trinajstić information content (AvgIpc) is 2.59. The average molecular weight is 292 g/mol. The van der Waals surface area contributed by atoms with Crippen molar-refractivity contribution in [2.45, 2.75) is 36.0 Å². The lowest BCUT2D eigenvalue weighted by molar-refractivity contribution is 0.535. The van der Waals surface area contributed by atoms with Gasteiger partial charge >= 0.3 is 0 Å². The van der Waals surface area contributed by atoms with Crippen molar-refractivity contribution in [3.8, 4) is 0 Å². The maximum absolute atomic E-state index is 12.5. The summed E-state index contributed by atoms with van der Waals surface area (Å²) in [5.74, 6) is 0. The fourth-order valence-electron chi connectivity index (χ4n) is 2.39. The molecule has 0 saturated heterocycles. The Morgan fingerprint density at radius 2 is 2.00 bits per heavy atom. The molecule has 1 aromatic rings. The minimum Gasteiger partial charge on any atom is -0.312 e. The molecule has 0 amide bonds. The Morgan fingerprint density at radius 1 is 1.35 bits per heavy atom. The summed E-state index contributed by atoms with van der Waals surface area (Å²) in [6.45, 7) is 2.09. The van der Waals surface area contributed by atoms with Gasteiger partial charge < -0.3 is 5.32 Å². The van der Waals surface area contributed by atoms with Crippen LogP contribution in [-0.2, 0) is 10.8 Å². The molecule has 0 bridgehead atoms. The minimum atomic E-state index is -1.07. The molecule has 1 heterocycles. The molecule has 3 unspecified atom stereocenters. The van der Waals surface area contributed by atoms with Crippen LogP contribution in [0.25, 0.3) is 0 Å². The highest BCUT2D eigenvalue weighted by Gasteiger charge is 2.40. The Morgan fingerprint density at radius 3 is 2.59 bits per heavy atom. The summed E-state index contributed by atoms with van der Waals surface area (Å²) in [5.41, 5.74) is 0.915. The number of halogens is 2. The van der Waals surface area contributed by atoms with Crippen LogP contribution in [0.1, 0.15) is 31.4 Å². The zero-order chi connectivity index (χ0) is 12.6. The largest absolute Gasteiger partial charge is 0.312 e. The number of nitrogens with one attached hydrogen (secondary N) is 1. The smallest absolute Gasteiger partial charge is 0.0641 e. The number of rotatable bonds is 3. The summed E-state index contributed by atoms with van der Waals surface area (Å²) in [5, 5.41) is 4.49. The van der Waals surface area contributed by atoms with E-state index in [2.05, 4.69) is 12.2 Å². The topological polar surface area (TPSA) is 29.1 Å². The predicted octanol–water partition coefficient (Wildman–Crippen LogP) is 3.54. The van der Waals surface area contributed by atoms with E-state index in [-0.39, 0.29) is 11.3 Å². The fourth-order valence-corrected chi connectivity index (χ4v) is 5.10. The van der Waals surface area contributed by atoms with E-state index in [0.717, 1.165) is 23.3 Å². The number of hydrogen-bond donors (Lipinski definition) is 1. The van der Waals surface area contributed by atoms with E-state index in [1.54, 1.807) is 12.1 Å². The normalized spacial score (nSPS) is 27.2. The molecule has 1 aromatic carbocycles. The van der Waals surface area contributed by atoms with Crippen LogP contribution in [-0.4, -0.2) is 16.5 Å². The van der Waals surface area contributed by atoms with Crippen LogP contribution in [0.5, 0.6) is 0 Å². The van der Waals surface area contributed by atoms with Gasteiger partial charge in [0.15, 0.2) is 0 Å². The summed E-state index contributed by atoms with van der Waals surface area (Å²) in [6.07, 6.45) is 1.90. The van der Waals surface area contributed by atoms with Crippen LogP contribution in [0, 0.1) is 0 Å². The highest BCUT2D eigenvalue weighted by Crippen LogP contribution is 2.45. The van der Waals surface area contributed by atoms with Crippen molar-refractivity contribution in [3.05, 3.63) is 27.7 Å². The summed E-state index contributed by atoms with van der Waals surface area (Å²) in [4.78, 5) is 0.719. The molecule has 0 spiro atoms. The Balaban J connectivity index is 2.56. The van der Waals surface area contributed by atoms with Gasteiger partial charge in [-0.15, -0.1) is 0 Å². The van der Waals surface area contributed by atoms with Gasteiger partial charge in [0.25, 0.3) is 0 Å². The molecular weight excluding hydrogens is 277 g/mol. The third-order valence-corrected chi connectivity index (χ3v) is 5.79. The number of fused-ring (bicyclic) bond motifs is 1. The quantitative estimate of drug-likeness (QED) is 0.923. The van der Waals surface area contributed by atoms with Gasteiger partial charge in [0.1, 0.15) is 0 Å². The Kier molecular flexibility index (Phi) is 4.14. The molecule has 1 N–H and O–H groups in total. The molecule has 1 aliphatic heterocycles. The van der Waals surface area contributed by atoms with Crippen molar-refractivity contribution in [1.29, 1.82) is 0 Å². The van der Waals surface area contributed by atoms with E-state index in [1.165, 1.54) is 0 Å². The first-order chi connectivity index (χ1) is 8.11. The molecule has 94 valence electrons. The number of benzene rings is 1. The third-order valence-electron chi connectivity index (χ3n) is 3.14. The van der Waals surface area contributed by atoms with Crippen molar-refractivity contribution >= 4 is 34.0 Å². The van der Waals surface area contributed by atoms with E-state index < -0.39 is 10.8 Å². The van der Waals surface area contributed by atoms with Crippen molar-refractivity contribution in [2.24, 2.45) is 0 Å². The first-order valence-corrected chi connectivity index (χ1v) is 7.64. The van der Waals surface area contributed by atoms with E-state index in [0.29, 0.717) is 10.0 Å². The van der Waals surface area contributed by atoms with Gasteiger partial charge in [0.2, 0.25) is 0 Å². The van der Waals surface area contributed by atoms with Crippen molar-refractivity contribution in [2.75, 3.05) is 7.05 Å². The molecule has 0 saturated carbocycles. The Hall–Kier alpha value is -0.0900. The van der Waals surface area contributed by atoms with Crippen LogP contribution < -0.4 is 5.32 Å². The Bertz CT molecular complexity index is 464. The summed E-state index contributed by atoms with van der Waals surface area (Å²) >= 11 is 12.4. The Labute approximate surface area is 114 Å². The van der Waals surface area contributed by atoms with Gasteiger partial charge in [-0.3, -0.25) is 4.21 Å². The van der Waals surface area contributed by atoms with Gasteiger partial charge in [-0.05, 0) is 25.6 Å². The van der Waals surface area contributed by atoms with Gasteiger partial charge in [-0.1, -0.05) is 36.5 Å². The van der Waals surface area contributed by atoms with Gasteiger partial charge in [0.05, 0.1) is 26.0 Å². The molecule has 0 fully saturated rings. The summed E-state index contributed by atoms with van der Waals surface area (Å²) < 4.78 is 12.5. The molecule has 5 heteroatoms. The van der Waals surface area contributed by atoms with E-state index >= 15 is 0 Å². The van der Waals surface area contributed by atoms with Crippen molar-refractivity contribution in [3.63, 3.8) is 0 Å². The second-order valence-electron chi connectivity index (χ2n) is 4.16. The third kappa shape index (κ3) is 2.14. The SMILES string of the molecule is CCCC1C(NC)c2c(Cl)ccc(Cl)c2S1=O. The highest BCUT2D eigenvalue weighted by atomic mass is 35.5. The first-order valence-electron chi connectivity index (χ1n) is 5.67. The van der Waals surface area contributed by atoms with Crippen LogP contribution >= 0.6 is 23.2 Å². The lowest BCUT2D eigenvalue weighted by atomic mass is 10.0. The monoisotopic (exact) mass is 291 g/mol. The van der Waals surface area contributed by atoms with E-state index in [4.69, 9.17) is 23.2 Å². The predicted molar refractivity (Wildman–Crippen MR) is 73.4 cm³/mol. The second-order valence-corrected chi connectivity index (χ2v) is 6.59. The second kappa shape index (κ2) is 5.27. The zero-order valence-electron chi connectivity index (χ0n) is 9.80. The molecule has 0 aliphatic carbocycles. The molecule has 0 radical (unpaired) electrons. The summed E-state index contributed by atoms with van der Waals surface area (Å²) in [7, 11) is 0.806. The van der Waals surface area contributed by atoms with Crippen LogP contribution in [0.2, 0.25) is 10.0 Å². The molecule has 2 nitrogen and oxygen atoms in total. The van der Waals surface area contributed by atoms with E-state index in [9.17, 15) is 4.21 Å². The van der Waals surface area contributed by atoms with Crippen molar-refractivity contribution in [1.82, 2.24) is 5.32 Å². The highest BCUT2D eigenvalue weighted by molar-refractivity contribution is 7.86. The fraction of sp³-hybridized carbons (Fsp3) is 0.500. The number of hydrogen-bond acceptors (Lipinski definition) is 2. The van der Waals surface area contributed by atoms with E-state index in [1.807, 2.05) is 7.05 Å². The maximum atomic E-state index is 12.5. The lowest BCUT2D eigenvalue weighted by Gasteiger charge is -2.18. The summed E-state index contributed by atoms with van der Waals surface area (Å²) in [6, 6.07) is 3.54. The minimum absolute atomic E-state index is 0.0389. The lowest BCUT2D eigenvalue weighted by Crippen LogP contribution is -2.27. The maximum Gasteiger partial charge on any atom is 0.0641 e. The molecule has 3 atom stereocenters. The van der Waals surface area contributed by atoms with Crippen LogP contribution in [0.3, 0.4) is 0 Å².